The highest BCUT2D eigenvalue weighted by Crippen LogP contribution is 2.23. The van der Waals surface area contributed by atoms with Crippen LogP contribution in [0.3, 0.4) is 0 Å². The lowest BCUT2D eigenvalue weighted by Crippen LogP contribution is -2.54. The van der Waals surface area contributed by atoms with Gasteiger partial charge in [0.25, 0.3) is 0 Å². The first kappa shape index (κ1) is 26.5. The van der Waals surface area contributed by atoms with Gasteiger partial charge in [-0.3, -0.25) is 9.59 Å². The van der Waals surface area contributed by atoms with Gasteiger partial charge in [0, 0.05) is 13.1 Å². The topological polar surface area (TPSA) is 87.7 Å². The average Bonchev–Trinajstić information content (AvgIpc) is 2.64. The average molecular weight is 434 g/mol. The molecule has 31 heavy (non-hydrogen) atoms. The molecule has 2 N–H and O–H groups in total. The summed E-state index contributed by atoms with van der Waals surface area (Å²) < 4.78 is 5.32. The maximum absolute atomic E-state index is 13.4. The Morgan fingerprint density at radius 3 is 1.97 bits per heavy atom. The van der Waals surface area contributed by atoms with E-state index in [0.29, 0.717) is 5.56 Å². The molecular formula is C24H39N3O4. The highest BCUT2D eigenvalue weighted by atomic mass is 16.6. The molecule has 2 atom stereocenters. The maximum Gasteiger partial charge on any atom is 0.408 e. The van der Waals surface area contributed by atoms with Crippen molar-refractivity contribution in [3.63, 3.8) is 0 Å². The van der Waals surface area contributed by atoms with Gasteiger partial charge in [-0.1, -0.05) is 45.0 Å². The van der Waals surface area contributed by atoms with Crippen molar-refractivity contribution in [2.45, 2.75) is 85.5 Å². The van der Waals surface area contributed by atoms with Gasteiger partial charge < -0.3 is 20.3 Å². The molecule has 3 amide bonds. The van der Waals surface area contributed by atoms with Gasteiger partial charge in [-0.15, -0.1) is 0 Å². The molecule has 0 radical (unpaired) electrons. The number of ether oxygens (including phenoxy) is 1. The Bertz CT molecular complexity index is 751. The molecule has 1 rings (SSSR count). The number of alkyl carbamates (subject to hydrolysis) is 1. The zero-order valence-electron chi connectivity index (χ0n) is 20.4. The highest BCUT2D eigenvalue weighted by molar-refractivity contribution is 5.92. The van der Waals surface area contributed by atoms with E-state index in [4.69, 9.17) is 4.74 Å². The van der Waals surface area contributed by atoms with Crippen molar-refractivity contribution in [3.05, 3.63) is 35.4 Å². The second kappa shape index (κ2) is 11.2. The summed E-state index contributed by atoms with van der Waals surface area (Å²) >= 11 is 0. The molecule has 1 aromatic carbocycles. The second-order valence-electron chi connectivity index (χ2n) is 9.48. The molecule has 0 heterocycles. The van der Waals surface area contributed by atoms with Crippen molar-refractivity contribution in [2.75, 3.05) is 7.05 Å². The quantitative estimate of drug-likeness (QED) is 0.652. The van der Waals surface area contributed by atoms with E-state index in [0.717, 1.165) is 12.0 Å². The lowest BCUT2D eigenvalue weighted by atomic mass is 9.98. The second-order valence-corrected chi connectivity index (χ2v) is 9.48. The Hall–Kier alpha value is -2.57. The first-order valence-electron chi connectivity index (χ1n) is 10.9. The molecule has 0 bridgehead atoms. The van der Waals surface area contributed by atoms with Gasteiger partial charge in [0.15, 0.2) is 0 Å². The van der Waals surface area contributed by atoms with Crippen LogP contribution < -0.4 is 10.6 Å². The van der Waals surface area contributed by atoms with E-state index in [2.05, 4.69) is 17.6 Å². The lowest BCUT2D eigenvalue weighted by Gasteiger charge is -2.33. The largest absolute Gasteiger partial charge is 0.444 e. The number of likely N-dealkylation sites (N-methyl/N-ethyl adjacent to an activating group) is 1. The van der Waals surface area contributed by atoms with Crippen LogP contribution in [-0.2, 0) is 20.7 Å². The highest BCUT2D eigenvalue weighted by Gasteiger charge is 2.35. The first-order valence-corrected chi connectivity index (χ1v) is 10.9. The van der Waals surface area contributed by atoms with Crippen LogP contribution in [0, 0.1) is 5.92 Å². The summed E-state index contributed by atoms with van der Waals surface area (Å²) in [6.07, 6.45) is 0.219. The van der Waals surface area contributed by atoms with E-state index in [1.165, 1.54) is 4.90 Å². The van der Waals surface area contributed by atoms with E-state index in [1.807, 2.05) is 52.0 Å². The van der Waals surface area contributed by atoms with Gasteiger partial charge in [0.1, 0.15) is 17.7 Å². The van der Waals surface area contributed by atoms with Crippen molar-refractivity contribution in [3.8, 4) is 0 Å². The molecule has 0 aliphatic carbocycles. The standard InChI is InChI=1S/C24H39N3O4/c1-10-17-11-13-18(14-12-17)20(21(28)25-16(4)5)27(9)22(29)19(15(2)3)26-23(30)31-24(6,7)8/h11-16,19-20H,10H2,1-9H3,(H,25,28)(H,26,30). The lowest BCUT2D eigenvalue weighted by molar-refractivity contribution is -0.141. The third-order valence-corrected chi connectivity index (χ3v) is 4.72. The minimum atomic E-state index is -0.830. The normalized spacial score (nSPS) is 13.5. The molecule has 0 aliphatic heterocycles. The third-order valence-electron chi connectivity index (χ3n) is 4.72. The molecule has 7 nitrogen and oxygen atoms in total. The number of rotatable bonds is 8. The van der Waals surface area contributed by atoms with E-state index in [1.54, 1.807) is 27.8 Å². The summed E-state index contributed by atoms with van der Waals surface area (Å²) in [4.78, 5) is 40.1. The SMILES string of the molecule is CCc1ccc(C(C(=O)NC(C)C)N(C)C(=O)C(NC(=O)OC(C)(C)C)C(C)C)cc1. The van der Waals surface area contributed by atoms with E-state index in [9.17, 15) is 14.4 Å². The maximum atomic E-state index is 13.4. The fraction of sp³-hybridized carbons (Fsp3) is 0.625. The zero-order chi connectivity index (χ0) is 23.9. The summed E-state index contributed by atoms with van der Waals surface area (Å²) in [5.74, 6) is -0.821. The number of benzene rings is 1. The Balaban J connectivity index is 3.21. The summed E-state index contributed by atoms with van der Waals surface area (Å²) in [7, 11) is 1.59. The number of carbonyl (C=O) groups excluding carboxylic acids is 3. The fourth-order valence-electron chi connectivity index (χ4n) is 3.14. The molecule has 0 aromatic heterocycles. The van der Waals surface area contributed by atoms with Gasteiger partial charge in [0.2, 0.25) is 11.8 Å². The Kier molecular flexibility index (Phi) is 9.53. The van der Waals surface area contributed by atoms with Crippen LogP contribution in [0.25, 0.3) is 0 Å². The fourth-order valence-corrected chi connectivity index (χ4v) is 3.14. The van der Waals surface area contributed by atoms with Crippen LogP contribution in [0.2, 0.25) is 0 Å². The molecule has 0 aliphatic rings. The molecule has 2 unspecified atom stereocenters. The molecular weight excluding hydrogens is 394 g/mol. The van der Waals surface area contributed by atoms with Crippen molar-refractivity contribution in [2.24, 2.45) is 5.92 Å². The number of hydrogen-bond donors (Lipinski definition) is 2. The van der Waals surface area contributed by atoms with Gasteiger partial charge in [-0.2, -0.15) is 0 Å². The van der Waals surface area contributed by atoms with Crippen molar-refractivity contribution < 1.29 is 19.1 Å². The van der Waals surface area contributed by atoms with E-state index in [-0.39, 0.29) is 23.8 Å². The zero-order valence-corrected chi connectivity index (χ0v) is 20.4. The number of carbonyl (C=O) groups is 3. The Morgan fingerprint density at radius 1 is 1.00 bits per heavy atom. The van der Waals surface area contributed by atoms with Crippen LogP contribution >= 0.6 is 0 Å². The monoisotopic (exact) mass is 433 g/mol. The number of nitrogens with zero attached hydrogens (tertiary/aromatic N) is 1. The van der Waals surface area contributed by atoms with E-state index < -0.39 is 23.8 Å². The smallest absolute Gasteiger partial charge is 0.408 e. The molecule has 0 spiro atoms. The summed E-state index contributed by atoms with van der Waals surface area (Å²) in [6.45, 7) is 14.8. The minimum absolute atomic E-state index is 0.0748. The molecule has 0 saturated heterocycles. The van der Waals surface area contributed by atoms with Crippen LogP contribution in [0.1, 0.15) is 72.6 Å². The minimum Gasteiger partial charge on any atom is -0.444 e. The van der Waals surface area contributed by atoms with Gasteiger partial charge in [0.05, 0.1) is 0 Å². The molecule has 7 heteroatoms. The molecule has 0 fully saturated rings. The number of nitrogens with one attached hydrogen (secondary N) is 2. The predicted molar refractivity (Wildman–Crippen MR) is 123 cm³/mol. The number of aryl methyl sites for hydroxylation is 1. The molecule has 0 saturated carbocycles. The van der Waals surface area contributed by atoms with Crippen molar-refractivity contribution >= 4 is 17.9 Å². The Labute approximate surface area is 186 Å². The molecule has 1 aromatic rings. The van der Waals surface area contributed by atoms with Gasteiger partial charge >= 0.3 is 6.09 Å². The Morgan fingerprint density at radius 2 is 1.55 bits per heavy atom. The summed E-state index contributed by atoms with van der Waals surface area (Å²) in [6, 6.07) is 5.95. The summed E-state index contributed by atoms with van der Waals surface area (Å²) in [5.41, 5.74) is 1.18. The van der Waals surface area contributed by atoms with E-state index >= 15 is 0 Å². The third kappa shape index (κ3) is 8.23. The molecule has 174 valence electrons. The number of hydrogen-bond acceptors (Lipinski definition) is 4. The van der Waals surface area contributed by atoms with Gasteiger partial charge in [-0.25, -0.2) is 4.79 Å². The summed E-state index contributed by atoms with van der Waals surface area (Å²) in [5, 5.41) is 5.57. The van der Waals surface area contributed by atoms with Crippen LogP contribution in [0.15, 0.2) is 24.3 Å². The van der Waals surface area contributed by atoms with Crippen LogP contribution in [0.4, 0.5) is 4.79 Å². The van der Waals surface area contributed by atoms with Crippen LogP contribution in [-0.4, -0.2) is 47.5 Å². The predicted octanol–water partition coefficient (Wildman–Crippen LogP) is 3.82. The van der Waals surface area contributed by atoms with Crippen LogP contribution in [0.5, 0.6) is 0 Å². The first-order chi connectivity index (χ1) is 14.3. The van der Waals surface area contributed by atoms with Crippen molar-refractivity contribution in [1.82, 2.24) is 15.5 Å². The number of amides is 3. The van der Waals surface area contributed by atoms with Gasteiger partial charge in [-0.05, 0) is 58.1 Å². The van der Waals surface area contributed by atoms with Crippen molar-refractivity contribution in [1.29, 1.82) is 0 Å².